The topological polar surface area (TPSA) is 53.4 Å². The zero-order valence-corrected chi connectivity index (χ0v) is 12.9. The Morgan fingerprint density at radius 3 is 2.70 bits per heavy atom. The van der Waals surface area contributed by atoms with Crippen molar-refractivity contribution in [1.29, 1.82) is 0 Å². The fourth-order valence-corrected chi connectivity index (χ4v) is 2.69. The van der Waals surface area contributed by atoms with Gasteiger partial charge in [-0.15, -0.1) is 0 Å². The predicted molar refractivity (Wildman–Crippen MR) is 79.0 cm³/mol. The SMILES string of the molecule is CC(C)c1cc(C(=O)N(C)CC2CC(O)C2)cc(Cl)n1. The summed E-state index contributed by atoms with van der Waals surface area (Å²) in [5.74, 6) is 0.589. The molecule has 1 aromatic rings. The van der Waals surface area contributed by atoms with Gasteiger partial charge in [0.15, 0.2) is 0 Å². The van der Waals surface area contributed by atoms with Crippen LogP contribution in [-0.4, -0.2) is 40.6 Å². The number of halogens is 1. The standard InChI is InChI=1S/C15H21ClN2O2/c1-9(2)13-6-11(7-14(16)17-13)15(20)18(3)8-10-4-12(19)5-10/h6-7,9-10,12,19H,4-5,8H2,1-3H3. The molecule has 110 valence electrons. The van der Waals surface area contributed by atoms with E-state index in [2.05, 4.69) is 4.98 Å². The summed E-state index contributed by atoms with van der Waals surface area (Å²) in [7, 11) is 1.79. The number of pyridine rings is 1. The molecule has 0 saturated heterocycles. The van der Waals surface area contributed by atoms with Crippen LogP contribution in [0.15, 0.2) is 12.1 Å². The number of aromatic nitrogens is 1. The lowest BCUT2D eigenvalue weighted by molar-refractivity contribution is 0.0265. The van der Waals surface area contributed by atoms with Gasteiger partial charge in [0, 0.05) is 24.8 Å². The van der Waals surface area contributed by atoms with Gasteiger partial charge in [0.05, 0.1) is 6.10 Å². The molecule has 0 atom stereocenters. The minimum Gasteiger partial charge on any atom is -0.393 e. The Hall–Kier alpha value is -1.13. The lowest BCUT2D eigenvalue weighted by Gasteiger charge is -2.34. The first-order valence-electron chi connectivity index (χ1n) is 6.97. The molecule has 0 aliphatic heterocycles. The van der Waals surface area contributed by atoms with E-state index in [0.29, 0.717) is 23.2 Å². The third-order valence-electron chi connectivity index (χ3n) is 3.74. The Morgan fingerprint density at radius 2 is 2.15 bits per heavy atom. The normalized spacial score (nSPS) is 21.7. The number of aliphatic hydroxyl groups is 1. The highest BCUT2D eigenvalue weighted by atomic mass is 35.5. The van der Waals surface area contributed by atoms with Gasteiger partial charge in [-0.1, -0.05) is 25.4 Å². The molecule has 5 heteroatoms. The van der Waals surface area contributed by atoms with Gasteiger partial charge >= 0.3 is 0 Å². The van der Waals surface area contributed by atoms with Crippen molar-refractivity contribution in [3.05, 3.63) is 28.5 Å². The number of amides is 1. The second-order valence-electron chi connectivity index (χ2n) is 5.94. The Morgan fingerprint density at radius 1 is 1.50 bits per heavy atom. The van der Waals surface area contributed by atoms with Crippen molar-refractivity contribution in [3.8, 4) is 0 Å². The average Bonchev–Trinajstić information content (AvgIpc) is 2.35. The first-order valence-corrected chi connectivity index (χ1v) is 7.35. The lowest BCUT2D eigenvalue weighted by atomic mass is 9.82. The number of nitrogens with zero attached hydrogens (tertiary/aromatic N) is 2. The highest BCUT2D eigenvalue weighted by Crippen LogP contribution is 2.28. The highest BCUT2D eigenvalue weighted by molar-refractivity contribution is 6.29. The predicted octanol–water partition coefficient (Wildman–Crippen LogP) is 2.70. The third-order valence-corrected chi connectivity index (χ3v) is 3.94. The molecule has 1 saturated carbocycles. The van der Waals surface area contributed by atoms with Crippen molar-refractivity contribution in [2.24, 2.45) is 5.92 Å². The van der Waals surface area contributed by atoms with Crippen molar-refractivity contribution >= 4 is 17.5 Å². The Balaban J connectivity index is 2.07. The molecule has 20 heavy (non-hydrogen) atoms. The van der Waals surface area contributed by atoms with Crippen LogP contribution in [0.25, 0.3) is 0 Å². The van der Waals surface area contributed by atoms with Crippen molar-refractivity contribution in [1.82, 2.24) is 9.88 Å². The van der Waals surface area contributed by atoms with Gasteiger partial charge < -0.3 is 10.0 Å². The molecule has 0 bridgehead atoms. The van der Waals surface area contributed by atoms with E-state index in [4.69, 9.17) is 11.6 Å². The fraction of sp³-hybridized carbons (Fsp3) is 0.600. The Kier molecular flexibility index (Phi) is 4.66. The van der Waals surface area contributed by atoms with Crippen LogP contribution < -0.4 is 0 Å². The van der Waals surface area contributed by atoms with Crippen LogP contribution in [0.2, 0.25) is 5.15 Å². The number of carbonyl (C=O) groups excluding carboxylic acids is 1. The minimum absolute atomic E-state index is 0.0439. The number of hydrogen-bond donors (Lipinski definition) is 1. The minimum atomic E-state index is -0.189. The lowest BCUT2D eigenvalue weighted by Crippen LogP contribution is -2.39. The van der Waals surface area contributed by atoms with Crippen molar-refractivity contribution in [3.63, 3.8) is 0 Å². The van der Waals surface area contributed by atoms with Crippen LogP contribution >= 0.6 is 11.6 Å². The van der Waals surface area contributed by atoms with Gasteiger partial charge in [0.2, 0.25) is 0 Å². The van der Waals surface area contributed by atoms with Gasteiger partial charge in [-0.25, -0.2) is 4.98 Å². The summed E-state index contributed by atoms with van der Waals surface area (Å²) in [6.07, 6.45) is 1.38. The number of carbonyl (C=O) groups is 1. The smallest absolute Gasteiger partial charge is 0.253 e. The summed E-state index contributed by atoms with van der Waals surface area (Å²) in [4.78, 5) is 18.3. The number of aliphatic hydroxyl groups excluding tert-OH is 1. The quantitative estimate of drug-likeness (QED) is 0.869. The molecule has 1 aromatic heterocycles. The molecule has 0 radical (unpaired) electrons. The largest absolute Gasteiger partial charge is 0.393 e. The summed E-state index contributed by atoms with van der Waals surface area (Å²) in [6, 6.07) is 3.42. The van der Waals surface area contributed by atoms with Crippen molar-refractivity contribution in [2.45, 2.75) is 38.7 Å². The van der Waals surface area contributed by atoms with Crippen molar-refractivity contribution in [2.75, 3.05) is 13.6 Å². The molecule has 1 aliphatic carbocycles. The van der Waals surface area contributed by atoms with E-state index in [1.165, 1.54) is 0 Å². The summed E-state index contributed by atoms with van der Waals surface area (Å²) in [5, 5.41) is 9.65. The van der Waals surface area contributed by atoms with Crippen molar-refractivity contribution < 1.29 is 9.90 Å². The first kappa shape index (κ1) is 15.3. The second-order valence-corrected chi connectivity index (χ2v) is 6.32. The monoisotopic (exact) mass is 296 g/mol. The zero-order chi connectivity index (χ0) is 14.9. The molecule has 1 amide bonds. The molecule has 1 aliphatic rings. The molecule has 4 nitrogen and oxygen atoms in total. The van der Waals surface area contributed by atoms with E-state index in [1.54, 1.807) is 18.0 Å². The van der Waals surface area contributed by atoms with Gasteiger partial charge in [0.1, 0.15) is 5.15 Å². The number of hydrogen-bond acceptors (Lipinski definition) is 3. The molecule has 0 aromatic carbocycles. The van der Waals surface area contributed by atoms with E-state index in [1.807, 2.05) is 19.9 Å². The molecule has 0 spiro atoms. The Labute approximate surface area is 124 Å². The van der Waals surface area contributed by atoms with Gasteiger partial charge in [0.25, 0.3) is 5.91 Å². The van der Waals surface area contributed by atoms with Gasteiger partial charge in [-0.3, -0.25) is 4.79 Å². The molecule has 2 rings (SSSR count). The van der Waals surface area contributed by atoms with Crippen LogP contribution in [0.4, 0.5) is 0 Å². The van der Waals surface area contributed by atoms with Crippen LogP contribution in [0.5, 0.6) is 0 Å². The summed E-state index contributed by atoms with van der Waals surface area (Å²) in [6.45, 7) is 4.71. The maximum absolute atomic E-state index is 12.4. The molecular weight excluding hydrogens is 276 g/mol. The molecule has 1 N–H and O–H groups in total. The second kappa shape index (κ2) is 6.10. The van der Waals surface area contributed by atoms with Gasteiger partial charge in [-0.2, -0.15) is 0 Å². The van der Waals surface area contributed by atoms with E-state index < -0.39 is 0 Å². The van der Waals surface area contributed by atoms with Crippen LogP contribution in [0, 0.1) is 5.92 Å². The molecule has 1 fully saturated rings. The molecule has 1 heterocycles. The maximum atomic E-state index is 12.4. The average molecular weight is 297 g/mol. The summed E-state index contributed by atoms with van der Waals surface area (Å²) in [5.41, 5.74) is 1.41. The van der Waals surface area contributed by atoms with Crippen LogP contribution in [0.1, 0.15) is 48.7 Å². The van der Waals surface area contributed by atoms with E-state index in [9.17, 15) is 9.90 Å². The first-order chi connectivity index (χ1) is 9.36. The summed E-state index contributed by atoms with van der Waals surface area (Å²) < 4.78 is 0. The third kappa shape index (κ3) is 3.49. The van der Waals surface area contributed by atoms with Gasteiger partial charge in [-0.05, 0) is 36.8 Å². The molecular formula is C15H21ClN2O2. The highest BCUT2D eigenvalue weighted by Gasteiger charge is 2.29. The molecule has 0 unspecified atom stereocenters. The fourth-order valence-electron chi connectivity index (χ4n) is 2.48. The summed E-state index contributed by atoms with van der Waals surface area (Å²) >= 11 is 5.99. The number of rotatable bonds is 4. The van der Waals surface area contributed by atoms with E-state index in [-0.39, 0.29) is 17.9 Å². The van der Waals surface area contributed by atoms with E-state index in [0.717, 1.165) is 18.5 Å². The van der Waals surface area contributed by atoms with E-state index >= 15 is 0 Å². The van der Waals surface area contributed by atoms with Crippen LogP contribution in [-0.2, 0) is 0 Å². The zero-order valence-electron chi connectivity index (χ0n) is 12.1. The Bertz CT molecular complexity index is 499. The maximum Gasteiger partial charge on any atom is 0.253 e. The van der Waals surface area contributed by atoms with Crippen LogP contribution in [0.3, 0.4) is 0 Å².